The smallest absolute Gasteiger partial charge is 0.419 e. The fourth-order valence-electron chi connectivity index (χ4n) is 4.16. The van der Waals surface area contributed by atoms with Gasteiger partial charge in [0.1, 0.15) is 11.9 Å². The van der Waals surface area contributed by atoms with Crippen molar-refractivity contribution in [3.05, 3.63) is 51.6 Å². The Morgan fingerprint density at radius 2 is 1.56 bits per heavy atom. The second-order valence-electron chi connectivity index (χ2n) is 8.56. The number of hydrogen-bond donors (Lipinski definition) is 1. The number of anilines is 1. The van der Waals surface area contributed by atoms with Gasteiger partial charge in [0.15, 0.2) is 0 Å². The van der Waals surface area contributed by atoms with Gasteiger partial charge in [-0.25, -0.2) is 8.42 Å². The molecule has 0 aliphatic carbocycles. The molecule has 1 atom stereocenters. The first-order valence-electron chi connectivity index (χ1n) is 10.4. The number of rotatable bonds is 5. The average molecular weight is 471 g/mol. The number of ether oxygens (including phenoxy) is 1. The van der Waals surface area contributed by atoms with Crippen molar-refractivity contribution in [3.8, 4) is 5.75 Å². The number of nitrogens with zero attached hydrogens (tertiary/aromatic N) is 1. The van der Waals surface area contributed by atoms with Crippen LogP contribution in [-0.2, 0) is 16.2 Å². The van der Waals surface area contributed by atoms with Gasteiger partial charge in [0, 0.05) is 19.2 Å². The Morgan fingerprint density at radius 1 is 1.00 bits per heavy atom. The van der Waals surface area contributed by atoms with Crippen LogP contribution in [0.5, 0.6) is 5.75 Å². The van der Waals surface area contributed by atoms with Gasteiger partial charge in [-0.3, -0.25) is 4.72 Å². The number of likely N-dealkylation sites (N-methyl/N-ethyl adjacent to an activating group) is 1. The van der Waals surface area contributed by atoms with Crippen molar-refractivity contribution in [2.75, 3.05) is 24.9 Å². The summed E-state index contributed by atoms with van der Waals surface area (Å²) < 4.78 is 75.3. The first-order chi connectivity index (χ1) is 14.7. The van der Waals surface area contributed by atoms with Crippen LogP contribution in [0.25, 0.3) is 0 Å². The van der Waals surface area contributed by atoms with E-state index in [1.54, 1.807) is 13.8 Å². The first-order valence-corrected chi connectivity index (χ1v) is 11.9. The van der Waals surface area contributed by atoms with Crippen LogP contribution in [0.2, 0.25) is 0 Å². The molecule has 1 saturated heterocycles. The Bertz CT molecular complexity index is 1120. The van der Waals surface area contributed by atoms with Crippen LogP contribution in [0.3, 0.4) is 0 Å². The van der Waals surface area contributed by atoms with E-state index in [4.69, 9.17) is 4.74 Å². The van der Waals surface area contributed by atoms with Crippen LogP contribution in [0.4, 0.5) is 18.9 Å². The maximum Gasteiger partial charge on any atom is 0.419 e. The average Bonchev–Trinajstić information content (AvgIpc) is 3.08. The molecule has 1 N–H and O–H groups in total. The summed E-state index contributed by atoms with van der Waals surface area (Å²) in [6.45, 7) is 10.4. The molecule has 1 aliphatic heterocycles. The van der Waals surface area contributed by atoms with Crippen molar-refractivity contribution in [3.63, 3.8) is 0 Å². The molecule has 176 valence electrons. The highest BCUT2D eigenvalue weighted by Gasteiger charge is 2.36. The lowest BCUT2D eigenvalue weighted by atomic mass is 9.95. The molecule has 0 bridgehead atoms. The summed E-state index contributed by atoms with van der Waals surface area (Å²) in [5, 5.41) is 0. The van der Waals surface area contributed by atoms with Crippen LogP contribution in [0.15, 0.2) is 23.1 Å². The molecule has 3 rings (SSSR count). The van der Waals surface area contributed by atoms with E-state index in [0.29, 0.717) is 24.1 Å². The summed E-state index contributed by atoms with van der Waals surface area (Å²) in [5.41, 5.74) is 3.10. The largest absolute Gasteiger partial charge is 0.488 e. The van der Waals surface area contributed by atoms with E-state index in [-0.39, 0.29) is 22.4 Å². The molecule has 0 spiro atoms. The Balaban J connectivity index is 2.01. The van der Waals surface area contributed by atoms with E-state index in [0.717, 1.165) is 41.4 Å². The topological polar surface area (TPSA) is 58.6 Å². The maximum absolute atomic E-state index is 13.5. The molecule has 0 radical (unpaired) electrons. The Hall–Kier alpha value is -2.26. The van der Waals surface area contributed by atoms with Gasteiger partial charge in [0.25, 0.3) is 10.0 Å². The van der Waals surface area contributed by atoms with Crippen LogP contribution in [-0.4, -0.2) is 39.6 Å². The van der Waals surface area contributed by atoms with Gasteiger partial charge in [0.2, 0.25) is 0 Å². The van der Waals surface area contributed by atoms with Crippen molar-refractivity contribution in [1.82, 2.24) is 4.90 Å². The maximum atomic E-state index is 13.5. The molecule has 0 saturated carbocycles. The first kappa shape index (κ1) is 24.4. The van der Waals surface area contributed by atoms with E-state index in [1.807, 2.05) is 32.7 Å². The zero-order valence-electron chi connectivity index (χ0n) is 19.1. The van der Waals surface area contributed by atoms with Gasteiger partial charge in [-0.15, -0.1) is 0 Å². The standard InChI is InChI=1S/C23H29F3N2O3S/c1-13-14(2)16(4)22(17(5)15(13)3)32(29,30)27-18-7-8-20(23(24,25)26)21(11-18)31-19-9-10-28(6)12-19/h7-8,11,19,27H,9-10,12H2,1-6H3. The molecule has 9 heteroatoms. The number of benzene rings is 2. The van der Waals surface area contributed by atoms with Gasteiger partial charge in [-0.2, -0.15) is 13.2 Å². The number of nitrogens with one attached hydrogen (secondary N) is 1. The van der Waals surface area contributed by atoms with Gasteiger partial charge in [-0.1, -0.05) is 0 Å². The Labute approximate surface area is 187 Å². The minimum absolute atomic E-state index is 0.0223. The van der Waals surface area contributed by atoms with Gasteiger partial charge in [-0.05, 0) is 88.0 Å². The van der Waals surface area contributed by atoms with Crippen LogP contribution in [0.1, 0.15) is 39.8 Å². The highest BCUT2D eigenvalue weighted by atomic mass is 32.2. The SMILES string of the molecule is Cc1c(C)c(C)c(S(=O)(=O)Nc2ccc(C(F)(F)F)c(OC3CCN(C)C3)c2)c(C)c1C. The number of hydrogen-bond acceptors (Lipinski definition) is 4. The molecule has 2 aromatic rings. The summed E-state index contributed by atoms with van der Waals surface area (Å²) in [5.74, 6) is -0.372. The fraction of sp³-hybridized carbons (Fsp3) is 0.478. The van der Waals surface area contributed by atoms with E-state index in [9.17, 15) is 21.6 Å². The van der Waals surface area contributed by atoms with Crippen molar-refractivity contribution in [1.29, 1.82) is 0 Å². The zero-order valence-corrected chi connectivity index (χ0v) is 20.0. The molecule has 0 aromatic heterocycles. The molecular formula is C23H29F3N2O3S. The predicted molar refractivity (Wildman–Crippen MR) is 119 cm³/mol. The van der Waals surface area contributed by atoms with E-state index >= 15 is 0 Å². The van der Waals surface area contributed by atoms with Crippen LogP contribution < -0.4 is 9.46 Å². The third-order valence-electron chi connectivity index (χ3n) is 6.38. The monoisotopic (exact) mass is 470 g/mol. The summed E-state index contributed by atoms with van der Waals surface area (Å²) in [4.78, 5) is 2.12. The molecule has 1 aliphatic rings. The lowest BCUT2D eigenvalue weighted by Crippen LogP contribution is -2.23. The molecule has 32 heavy (non-hydrogen) atoms. The highest BCUT2D eigenvalue weighted by molar-refractivity contribution is 7.92. The molecule has 1 heterocycles. The van der Waals surface area contributed by atoms with Crippen LogP contribution in [0, 0.1) is 34.6 Å². The minimum atomic E-state index is -4.62. The van der Waals surface area contributed by atoms with E-state index in [1.165, 1.54) is 0 Å². The van der Waals surface area contributed by atoms with E-state index < -0.39 is 21.8 Å². The summed E-state index contributed by atoms with van der Waals surface area (Å²) in [6, 6.07) is 3.10. The Morgan fingerprint density at radius 3 is 2.06 bits per heavy atom. The fourth-order valence-corrected chi connectivity index (χ4v) is 5.81. The van der Waals surface area contributed by atoms with Gasteiger partial charge in [0.05, 0.1) is 16.1 Å². The molecule has 0 amide bonds. The lowest BCUT2D eigenvalue weighted by molar-refractivity contribution is -0.139. The van der Waals surface area contributed by atoms with Crippen molar-refractivity contribution in [2.45, 2.75) is 58.2 Å². The molecule has 5 nitrogen and oxygen atoms in total. The molecule has 2 aromatic carbocycles. The van der Waals surface area contributed by atoms with Crippen molar-refractivity contribution >= 4 is 15.7 Å². The Kier molecular flexibility index (Phi) is 6.55. The summed E-state index contributed by atoms with van der Waals surface area (Å²) in [6.07, 6.45) is -4.40. The number of likely N-dealkylation sites (tertiary alicyclic amines) is 1. The molecule has 1 fully saturated rings. The van der Waals surface area contributed by atoms with Gasteiger partial charge >= 0.3 is 6.18 Å². The number of sulfonamides is 1. The third kappa shape index (κ3) is 4.73. The summed E-state index contributed by atoms with van der Waals surface area (Å²) in [7, 11) is -2.16. The lowest BCUT2D eigenvalue weighted by Gasteiger charge is -2.21. The minimum Gasteiger partial charge on any atom is -0.488 e. The van der Waals surface area contributed by atoms with Crippen LogP contribution >= 0.6 is 0 Å². The third-order valence-corrected chi connectivity index (χ3v) is 8.04. The van der Waals surface area contributed by atoms with Gasteiger partial charge < -0.3 is 9.64 Å². The second-order valence-corrected chi connectivity index (χ2v) is 10.2. The van der Waals surface area contributed by atoms with Crippen molar-refractivity contribution < 1.29 is 26.3 Å². The quantitative estimate of drug-likeness (QED) is 0.658. The second kappa shape index (κ2) is 8.59. The van der Waals surface area contributed by atoms with E-state index in [2.05, 4.69) is 4.72 Å². The number of halogens is 3. The molecular weight excluding hydrogens is 441 g/mol. The highest BCUT2D eigenvalue weighted by Crippen LogP contribution is 2.39. The summed E-state index contributed by atoms with van der Waals surface area (Å²) >= 11 is 0. The molecule has 1 unspecified atom stereocenters. The predicted octanol–water partition coefficient (Wildman–Crippen LogP) is 5.13. The van der Waals surface area contributed by atoms with Crippen molar-refractivity contribution in [2.24, 2.45) is 0 Å². The number of alkyl halides is 3. The normalized spacial score (nSPS) is 17.6. The zero-order chi connectivity index (χ0) is 24.0.